The smallest absolute Gasteiger partial charge is 0.250 e. The number of benzene rings is 2. The maximum atomic E-state index is 14.8. The number of allylic oxidation sites excluding steroid dienone is 1. The number of fused-ring (bicyclic) bond motifs is 1. The molecule has 3 aromatic rings. The van der Waals surface area contributed by atoms with Crippen LogP contribution in [0.3, 0.4) is 0 Å². The molecule has 200 valence electrons. The fourth-order valence-corrected chi connectivity index (χ4v) is 5.50. The molecule has 0 radical (unpaired) electrons. The summed E-state index contributed by atoms with van der Waals surface area (Å²) in [5.74, 6) is 0.559. The zero-order valence-corrected chi connectivity index (χ0v) is 21.8. The standard InChI is InChI=1S/C31H34F2N2O3/c1-2-37-31-29(33)18-23(19-34-31)27-6-3-5-22-17-24(36)9-12-28(22)30(27)21-7-10-25(11-8-21)38-26-13-16-35(20-26)15-4-14-32/h7-12,17-19,26,36H,2-6,13-16,20H2,1H3/t26-/m0/s1. The second-order valence-corrected chi connectivity index (χ2v) is 9.89. The van der Waals surface area contributed by atoms with Crippen LogP contribution in [-0.2, 0) is 6.42 Å². The summed E-state index contributed by atoms with van der Waals surface area (Å²) in [5, 5.41) is 10.1. The van der Waals surface area contributed by atoms with Gasteiger partial charge in [0.1, 0.15) is 17.6 Å². The average molecular weight is 521 g/mol. The van der Waals surface area contributed by atoms with E-state index >= 15 is 0 Å². The van der Waals surface area contributed by atoms with Crippen LogP contribution in [-0.4, -0.2) is 54.0 Å². The number of hydrogen-bond donors (Lipinski definition) is 1. The lowest BCUT2D eigenvalue weighted by Gasteiger charge is -2.19. The minimum Gasteiger partial charge on any atom is -0.508 e. The van der Waals surface area contributed by atoms with Gasteiger partial charge in [-0.05, 0) is 103 Å². The lowest BCUT2D eigenvalue weighted by atomic mass is 9.88. The van der Waals surface area contributed by atoms with Crippen molar-refractivity contribution in [2.75, 3.05) is 32.9 Å². The number of likely N-dealkylation sites (tertiary alicyclic amines) is 1. The van der Waals surface area contributed by atoms with E-state index in [0.29, 0.717) is 13.0 Å². The number of pyridine rings is 1. The number of aromatic nitrogens is 1. The van der Waals surface area contributed by atoms with E-state index in [1.807, 2.05) is 36.4 Å². The summed E-state index contributed by atoms with van der Waals surface area (Å²) in [7, 11) is 0. The molecule has 7 heteroatoms. The van der Waals surface area contributed by atoms with Crippen molar-refractivity contribution < 1.29 is 23.4 Å². The summed E-state index contributed by atoms with van der Waals surface area (Å²) < 4.78 is 38.9. The highest BCUT2D eigenvalue weighted by atomic mass is 19.1. The SMILES string of the molecule is CCOc1ncc(C2=C(c3ccc(O[C@H]4CCN(CCCF)C4)cc3)c3ccc(O)cc3CCC2)cc1F. The maximum absolute atomic E-state index is 14.8. The van der Waals surface area contributed by atoms with E-state index in [9.17, 15) is 13.9 Å². The molecule has 5 nitrogen and oxygen atoms in total. The Hall–Kier alpha value is -3.45. The van der Waals surface area contributed by atoms with Crippen LogP contribution in [0.25, 0.3) is 11.1 Å². The Morgan fingerprint density at radius 2 is 1.92 bits per heavy atom. The van der Waals surface area contributed by atoms with E-state index < -0.39 is 5.82 Å². The van der Waals surface area contributed by atoms with Crippen molar-refractivity contribution in [1.29, 1.82) is 0 Å². The van der Waals surface area contributed by atoms with Crippen molar-refractivity contribution in [3.63, 3.8) is 0 Å². The molecule has 0 amide bonds. The minimum atomic E-state index is -0.479. The van der Waals surface area contributed by atoms with Crippen molar-refractivity contribution in [2.45, 2.75) is 45.1 Å². The van der Waals surface area contributed by atoms with Gasteiger partial charge in [-0.2, -0.15) is 0 Å². The number of rotatable bonds is 9. The summed E-state index contributed by atoms with van der Waals surface area (Å²) in [6.45, 7) is 4.36. The molecule has 0 unspecified atom stereocenters. The van der Waals surface area contributed by atoms with E-state index in [4.69, 9.17) is 9.47 Å². The van der Waals surface area contributed by atoms with Crippen LogP contribution >= 0.6 is 0 Å². The third kappa shape index (κ3) is 5.83. The first-order valence-corrected chi connectivity index (χ1v) is 13.4. The molecular formula is C31H34F2N2O3. The topological polar surface area (TPSA) is 54.8 Å². The van der Waals surface area contributed by atoms with Crippen LogP contribution in [0.5, 0.6) is 17.4 Å². The Labute approximate surface area is 222 Å². The maximum Gasteiger partial charge on any atom is 0.250 e. The van der Waals surface area contributed by atoms with Gasteiger partial charge in [-0.3, -0.25) is 9.29 Å². The first-order chi connectivity index (χ1) is 18.6. The van der Waals surface area contributed by atoms with Gasteiger partial charge in [0.15, 0.2) is 5.82 Å². The summed E-state index contributed by atoms with van der Waals surface area (Å²) in [4.78, 5) is 6.50. The van der Waals surface area contributed by atoms with Gasteiger partial charge in [0.2, 0.25) is 5.88 Å². The first kappa shape index (κ1) is 26.2. The number of phenolic OH excluding ortho intramolecular Hbond substituents is 1. The number of nitrogens with zero attached hydrogens (tertiary/aromatic N) is 2. The molecule has 0 spiro atoms. The van der Waals surface area contributed by atoms with Crippen LogP contribution in [0.1, 0.15) is 54.9 Å². The largest absolute Gasteiger partial charge is 0.508 e. The molecule has 1 fully saturated rings. The molecular weight excluding hydrogens is 486 g/mol. The molecule has 1 atom stereocenters. The lowest BCUT2D eigenvalue weighted by Crippen LogP contribution is -2.26. The Balaban J connectivity index is 1.48. The summed E-state index contributed by atoms with van der Waals surface area (Å²) in [5.41, 5.74) is 5.82. The Morgan fingerprint density at radius 1 is 1.08 bits per heavy atom. The van der Waals surface area contributed by atoms with E-state index in [0.717, 1.165) is 84.5 Å². The number of aryl methyl sites for hydroxylation is 1. The van der Waals surface area contributed by atoms with Gasteiger partial charge in [-0.15, -0.1) is 0 Å². The average Bonchev–Trinajstić information content (AvgIpc) is 3.28. The third-order valence-electron chi connectivity index (χ3n) is 7.25. The molecule has 1 aliphatic carbocycles. The van der Waals surface area contributed by atoms with E-state index in [-0.39, 0.29) is 24.4 Å². The normalized spacial score (nSPS) is 17.8. The zero-order valence-electron chi connectivity index (χ0n) is 21.8. The molecule has 1 aliphatic heterocycles. The number of hydrogen-bond acceptors (Lipinski definition) is 5. The number of alkyl halides is 1. The molecule has 2 heterocycles. The van der Waals surface area contributed by atoms with Crippen molar-refractivity contribution in [1.82, 2.24) is 9.88 Å². The monoisotopic (exact) mass is 520 g/mol. The van der Waals surface area contributed by atoms with Gasteiger partial charge in [-0.1, -0.05) is 18.2 Å². The van der Waals surface area contributed by atoms with E-state index in [2.05, 4.69) is 9.88 Å². The second kappa shape index (κ2) is 11.9. The summed E-state index contributed by atoms with van der Waals surface area (Å²) in [6.07, 6.45) is 5.69. The van der Waals surface area contributed by atoms with Crippen molar-refractivity contribution in [3.05, 3.63) is 82.8 Å². The van der Waals surface area contributed by atoms with Gasteiger partial charge >= 0.3 is 0 Å². The van der Waals surface area contributed by atoms with Crippen LogP contribution in [0.15, 0.2) is 54.7 Å². The Bertz CT molecular complexity index is 1290. The zero-order chi connectivity index (χ0) is 26.5. The number of halogens is 2. The Morgan fingerprint density at radius 3 is 2.68 bits per heavy atom. The predicted molar refractivity (Wildman–Crippen MR) is 145 cm³/mol. The number of ether oxygens (including phenoxy) is 2. The molecule has 2 aliphatic rings. The van der Waals surface area contributed by atoms with Gasteiger partial charge < -0.3 is 14.6 Å². The van der Waals surface area contributed by atoms with Crippen LogP contribution in [0.4, 0.5) is 8.78 Å². The Kier molecular flexibility index (Phi) is 8.23. The lowest BCUT2D eigenvalue weighted by molar-refractivity contribution is 0.198. The quantitative estimate of drug-likeness (QED) is 0.352. The van der Waals surface area contributed by atoms with Crippen LogP contribution < -0.4 is 9.47 Å². The highest BCUT2D eigenvalue weighted by molar-refractivity contribution is 6.00. The van der Waals surface area contributed by atoms with Gasteiger partial charge in [0, 0.05) is 25.8 Å². The molecule has 0 bridgehead atoms. The molecule has 2 aromatic carbocycles. The van der Waals surface area contributed by atoms with Crippen molar-refractivity contribution >= 4 is 11.1 Å². The molecule has 1 saturated heterocycles. The number of phenols is 1. The molecule has 5 rings (SSSR count). The highest BCUT2D eigenvalue weighted by Crippen LogP contribution is 2.41. The fraction of sp³-hybridized carbons (Fsp3) is 0.387. The predicted octanol–water partition coefficient (Wildman–Crippen LogP) is 6.43. The molecule has 1 N–H and O–H groups in total. The second-order valence-electron chi connectivity index (χ2n) is 9.89. The molecule has 38 heavy (non-hydrogen) atoms. The first-order valence-electron chi connectivity index (χ1n) is 13.4. The van der Waals surface area contributed by atoms with Crippen LogP contribution in [0.2, 0.25) is 0 Å². The minimum absolute atomic E-state index is 0.00835. The van der Waals surface area contributed by atoms with E-state index in [1.54, 1.807) is 19.2 Å². The third-order valence-corrected chi connectivity index (χ3v) is 7.25. The molecule has 0 saturated carbocycles. The van der Waals surface area contributed by atoms with Crippen LogP contribution in [0, 0.1) is 5.82 Å². The van der Waals surface area contributed by atoms with Crippen molar-refractivity contribution in [3.8, 4) is 17.4 Å². The molecule has 1 aromatic heterocycles. The summed E-state index contributed by atoms with van der Waals surface area (Å²) in [6, 6.07) is 15.0. The fourth-order valence-electron chi connectivity index (χ4n) is 5.50. The highest BCUT2D eigenvalue weighted by Gasteiger charge is 2.25. The summed E-state index contributed by atoms with van der Waals surface area (Å²) >= 11 is 0. The van der Waals surface area contributed by atoms with Gasteiger partial charge in [-0.25, -0.2) is 9.37 Å². The van der Waals surface area contributed by atoms with Gasteiger partial charge in [0.05, 0.1) is 13.3 Å². The number of aromatic hydroxyl groups is 1. The van der Waals surface area contributed by atoms with E-state index in [1.165, 1.54) is 6.07 Å². The van der Waals surface area contributed by atoms with Crippen molar-refractivity contribution in [2.24, 2.45) is 0 Å². The van der Waals surface area contributed by atoms with Gasteiger partial charge in [0.25, 0.3) is 0 Å².